The van der Waals surface area contributed by atoms with E-state index in [0.29, 0.717) is 0 Å². The normalized spacial score (nSPS) is 5.43. The molecule has 0 saturated heterocycles. The monoisotopic (exact) mass is 404 g/mol. The van der Waals surface area contributed by atoms with Crippen LogP contribution in [0.5, 0.6) is 0 Å². The average molecular weight is 406 g/mol. The van der Waals surface area contributed by atoms with Crippen molar-refractivity contribution >= 4 is 47.2 Å². The first-order valence-corrected chi connectivity index (χ1v) is 4.54. The summed E-state index contributed by atoms with van der Waals surface area (Å²) in [5.41, 5.74) is 0. The minimum Gasteiger partial charge on any atom is -0.550 e. The van der Waals surface area contributed by atoms with E-state index in [1.807, 2.05) is 0 Å². The van der Waals surface area contributed by atoms with E-state index in [2.05, 4.69) is 0 Å². The standard InChI is InChI=1S/5C2H4O2.Al.H2O.Zn/c5*1-2(3)4;;;/h5*1H3,(H,3,4);;1H2;/q;;;;;+3;;+2/p-5. The summed E-state index contributed by atoms with van der Waals surface area (Å²) in [6, 6.07) is 0. The van der Waals surface area contributed by atoms with Crippen molar-refractivity contribution in [3.8, 4) is 0 Å². The van der Waals surface area contributed by atoms with Gasteiger partial charge in [0.15, 0.2) is 0 Å². The molecule has 0 radical (unpaired) electrons. The zero-order valence-electron chi connectivity index (χ0n) is 13.4. The molecule has 0 unspecified atom stereocenters. The number of carbonyl (C=O) groups is 5. The molecule has 0 amide bonds. The fourth-order valence-electron chi connectivity index (χ4n) is 0. The van der Waals surface area contributed by atoms with Gasteiger partial charge in [0.25, 0.3) is 0 Å². The molecule has 0 heterocycles. The van der Waals surface area contributed by atoms with Gasteiger partial charge in [-0.3, -0.25) is 0 Å². The SMILES string of the molecule is CC(=O)[O-].CC(=O)[O-].CC(=O)[O-].CC(=O)[O-].CC(=O)[O-].O.[Al+3].[Zn+2]. The van der Waals surface area contributed by atoms with Crippen molar-refractivity contribution in [1.29, 1.82) is 0 Å². The molecule has 0 aromatic carbocycles. The Balaban J connectivity index is -0.0000000197. The van der Waals surface area contributed by atoms with Gasteiger partial charge in [0.2, 0.25) is 0 Å². The zero-order valence-corrected chi connectivity index (χ0v) is 17.5. The van der Waals surface area contributed by atoms with Crippen LogP contribution in [0.25, 0.3) is 0 Å². The van der Waals surface area contributed by atoms with Gasteiger partial charge in [-0.2, -0.15) is 0 Å². The van der Waals surface area contributed by atoms with Crippen LogP contribution in [0.1, 0.15) is 34.6 Å². The van der Waals surface area contributed by atoms with Gasteiger partial charge in [-0.15, -0.1) is 0 Å². The van der Waals surface area contributed by atoms with E-state index in [-0.39, 0.29) is 42.3 Å². The van der Waals surface area contributed by atoms with Gasteiger partial charge < -0.3 is 55.0 Å². The second-order valence-corrected chi connectivity index (χ2v) is 2.46. The van der Waals surface area contributed by atoms with E-state index < -0.39 is 29.8 Å². The number of rotatable bonds is 0. The molecule has 0 aliphatic rings. The third-order valence-electron chi connectivity index (χ3n) is 0. The van der Waals surface area contributed by atoms with Crippen molar-refractivity contribution in [3.05, 3.63) is 0 Å². The van der Waals surface area contributed by atoms with Gasteiger partial charge in [-0.25, -0.2) is 0 Å². The van der Waals surface area contributed by atoms with Crippen LogP contribution in [0, 0.1) is 0 Å². The fraction of sp³-hybridized carbons (Fsp3) is 0.500. The summed E-state index contributed by atoms with van der Waals surface area (Å²) in [6.07, 6.45) is 0. The summed E-state index contributed by atoms with van der Waals surface area (Å²) in [6.45, 7) is 4.86. The summed E-state index contributed by atoms with van der Waals surface area (Å²) in [5.74, 6) is -5.42. The Morgan fingerprint density at radius 2 is 0.478 bits per heavy atom. The maximum Gasteiger partial charge on any atom is 3.00 e. The molecular weight excluding hydrogens is 388 g/mol. The van der Waals surface area contributed by atoms with E-state index in [0.717, 1.165) is 34.6 Å². The van der Waals surface area contributed by atoms with Crippen LogP contribution >= 0.6 is 0 Å². The first-order valence-electron chi connectivity index (χ1n) is 4.54. The fourth-order valence-corrected chi connectivity index (χ4v) is 0. The molecule has 0 aromatic heterocycles. The molecule has 11 nitrogen and oxygen atoms in total. The van der Waals surface area contributed by atoms with Crippen LogP contribution in [-0.2, 0) is 43.5 Å². The Morgan fingerprint density at radius 3 is 0.478 bits per heavy atom. The molecule has 0 bridgehead atoms. The number of hydrogen-bond acceptors (Lipinski definition) is 10. The molecule has 0 rings (SSSR count). The molecule has 0 spiro atoms. The second kappa shape index (κ2) is 42.8. The van der Waals surface area contributed by atoms with Gasteiger partial charge in [-0.1, -0.05) is 0 Å². The van der Waals surface area contributed by atoms with Gasteiger partial charge in [0.05, 0.1) is 0 Å². The van der Waals surface area contributed by atoms with E-state index >= 15 is 0 Å². The number of carboxylic acid groups (broad SMARTS) is 5. The predicted molar refractivity (Wildman–Crippen MR) is 62.8 cm³/mol. The first kappa shape index (κ1) is 49.6. The van der Waals surface area contributed by atoms with E-state index in [1.54, 1.807) is 0 Å². The Kier molecular flexibility index (Phi) is 92.2. The molecule has 0 fully saturated rings. The molecule has 13 heteroatoms. The van der Waals surface area contributed by atoms with Gasteiger partial charge >= 0.3 is 36.8 Å². The van der Waals surface area contributed by atoms with Gasteiger partial charge in [0, 0.05) is 29.8 Å². The maximum atomic E-state index is 8.89. The Hall–Kier alpha value is -1.53. The Morgan fingerprint density at radius 1 is 0.478 bits per heavy atom. The molecule has 23 heavy (non-hydrogen) atoms. The Labute approximate surface area is 156 Å². The summed E-state index contributed by atoms with van der Waals surface area (Å²) in [4.78, 5) is 44.4. The van der Waals surface area contributed by atoms with Crippen LogP contribution in [0.15, 0.2) is 0 Å². The van der Waals surface area contributed by atoms with E-state index in [1.165, 1.54) is 0 Å². The van der Waals surface area contributed by atoms with E-state index in [9.17, 15) is 0 Å². The molecule has 128 valence electrons. The van der Waals surface area contributed by atoms with Crippen LogP contribution < -0.4 is 25.5 Å². The topological polar surface area (TPSA) is 232 Å². The minimum atomic E-state index is -1.08. The number of carboxylic acids is 5. The average Bonchev–Trinajstić information content (AvgIpc) is 1.94. The largest absolute Gasteiger partial charge is 3.00 e. The van der Waals surface area contributed by atoms with Crippen LogP contribution in [0.2, 0.25) is 0 Å². The van der Waals surface area contributed by atoms with Crippen LogP contribution in [0.4, 0.5) is 0 Å². The minimum absolute atomic E-state index is 0. The second-order valence-electron chi connectivity index (χ2n) is 2.46. The molecule has 0 saturated carbocycles. The first-order chi connectivity index (χ1) is 8.66. The van der Waals surface area contributed by atoms with Crippen molar-refractivity contribution in [1.82, 2.24) is 0 Å². The van der Waals surface area contributed by atoms with Crippen molar-refractivity contribution < 1.29 is 74.5 Å². The van der Waals surface area contributed by atoms with Crippen molar-refractivity contribution in [2.45, 2.75) is 34.6 Å². The zero-order chi connectivity index (χ0) is 17.9. The number of hydrogen-bond donors (Lipinski definition) is 0. The van der Waals surface area contributed by atoms with Gasteiger partial charge in [-0.05, 0) is 34.6 Å². The van der Waals surface area contributed by atoms with Crippen molar-refractivity contribution in [2.24, 2.45) is 0 Å². The molecule has 0 aliphatic carbocycles. The van der Waals surface area contributed by atoms with Crippen LogP contribution in [-0.4, -0.2) is 52.7 Å². The summed E-state index contributed by atoms with van der Waals surface area (Å²) in [7, 11) is 0. The summed E-state index contributed by atoms with van der Waals surface area (Å²) in [5, 5.41) is 44.4. The maximum absolute atomic E-state index is 8.89. The molecule has 0 atom stereocenters. The van der Waals surface area contributed by atoms with Gasteiger partial charge in [0.1, 0.15) is 0 Å². The van der Waals surface area contributed by atoms with Crippen molar-refractivity contribution in [3.63, 3.8) is 0 Å². The predicted octanol–water partition coefficient (Wildman–Crippen LogP) is -7.43. The molecular formula is C10H17AlO11Zn. The third kappa shape index (κ3) is 2970. The van der Waals surface area contributed by atoms with Crippen molar-refractivity contribution in [2.75, 3.05) is 0 Å². The third-order valence-corrected chi connectivity index (χ3v) is 0. The molecule has 0 aromatic rings. The Bertz CT molecular complexity index is 218. The number of carbonyl (C=O) groups excluding carboxylic acids is 5. The molecule has 0 aliphatic heterocycles. The van der Waals surface area contributed by atoms with Crippen LogP contribution in [0.3, 0.4) is 0 Å². The smallest absolute Gasteiger partial charge is 0.550 e. The number of aliphatic carboxylic acids is 5. The molecule has 2 N–H and O–H groups in total. The summed E-state index contributed by atoms with van der Waals surface area (Å²) < 4.78 is 0. The van der Waals surface area contributed by atoms with E-state index in [4.69, 9.17) is 49.5 Å². The summed E-state index contributed by atoms with van der Waals surface area (Å²) >= 11 is 0. The quantitative estimate of drug-likeness (QED) is 0.345.